The molecule has 2 unspecified atom stereocenters. The molecule has 0 spiro atoms. The van der Waals surface area contributed by atoms with Crippen LogP contribution in [0, 0.1) is 0 Å². The molecule has 0 heterocycles. The first-order chi connectivity index (χ1) is 51.6. The first kappa shape index (κ1) is 104. The number of rotatable bonds is 85. The molecule has 0 aliphatic rings. The van der Waals surface area contributed by atoms with E-state index in [4.69, 9.17) is 28.0 Å². The summed E-state index contributed by atoms with van der Waals surface area (Å²) in [5.74, 6) is -3.27. The van der Waals surface area contributed by atoms with Crippen molar-refractivity contribution in [3.8, 4) is 0 Å². The van der Waals surface area contributed by atoms with Gasteiger partial charge in [-0.2, -0.15) is 0 Å². The van der Waals surface area contributed by atoms with E-state index in [1.54, 1.807) is 0 Å². The van der Waals surface area contributed by atoms with Crippen LogP contribution in [0.3, 0.4) is 0 Å². The number of ether oxygens (including phenoxy) is 4. The number of carbonyl (C=O) groups is 6. The third kappa shape index (κ3) is 78.5. The van der Waals surface area contributed by atoms with E-state index in [0.29, 0.717) is 25.7 Å². The minimum absolute atomic E-state index is 0.132. The van der Waals surface area contributed by atoms with Crippen LogP contribution in [0.1, 0.15) is 451 Å². The molecular formula is C84H162N2O16P2S2. The van der Waals surface area contributed by atoms with Crippen LogP contribution in [0.15, 0.2) is 0 Å². The average molecular weight is 1580 g/mol. The molecule has 0 bridgehead atoms. The molecule has 106 heavy (non-hydrogen) atoms. The summed E-state index contributed by atoms with van der Waals surface area (Å²) in [6.07, 6.45) is 69.6. The second kappa shape index (κ2) is 79.5. The van der Waals surface area contributed by atoms with Crippen molar-refractivity contribution >= 4 is 72.8 Å². The number of esters is 4. The molecule has 4 N–H and O–H groups in total. The highest BCUT2D eigenvalue weighted by Crippen LogP contribution is 2.39. The van der Waals surface area contributed by atoms with Gasteiger partial charge in [-0.1, -0.05) is 409 Å². The summed E-state index contributed by atoms with van der Waals surface area (Å²) in [4.78, 5) is 98.7. The fraction of sp³-hybridized carbons (Fsp3) is 0.929. The highest BCUT2D eigenvalue weighted by atomic mass is 33.1. The normalized spacial score (nSPS) is 13.2. The van der Waals surface area contributed by atoms with Crippen molar-refractivity contribution < 1.29 is 75.7 Å². The zero-order valence-corrected chi connectivity index (χ0v) is 71.8. The Morgan fingerprint density at radius 1 is 0.264 bits per heavy atom. The molecule has 0 saturated heterocycles. The van der Waals surface area contributed by atoms with E-state index in [-0.39, 0.29) is 63.2 Å². The van der Waals surface area contributed by atoms with Gasteiger partial charge in [-0.05, 0) is 25.7 Å². The van der Waals surface area contributed by atoms with Crippen molar-refractivity contribution in [1.29, 1.82) is 0 Å². The van der Waals surface area contributed by atoms with E-state index in [0.717, 1.165) is 77.0 Å². The van der Waals surface area contributed by atoms with Crippen LogP contribution < -0.4 is 10.2 Å². The maximum absolute atomic E-state index is 13.1. The predicted molar refractivity (Wildman–Crippen MR) is 442 cm³/mol. The standard InChI is InChI=1S/C84H162N2O16P2S2/c1-5-9-13-17-21-25-29-33-37-41-45-49-53-57-61-65-81(89)97-73-77(101-83(91)67-63-59-55-51-47-43-39-35-31-27-23-19-15-11-7-3)75-99-103(93,94)85-79(87)69-71-105-106-72-70-80(88)86-104(95,96)100-76-78(102-84(92)68-64-60-56-52-48-44-40-36-32-28-24-20-16-12-8-4)74-98-82(90)66-62-58-54-50-46-42-38-34-30-26-22-18-14-10-6-2/h77-78H,5-76H2,1-4H3,(H2,85,87,93,94)(H2,86,88,95,96)/t77-,78-/m1/s1. The van der Waals surface area contributed by atoms with Gasteiger partial charge in [-0.15, -0.1) is 0 Å². The molecule has 0 aromatic carbocycles. The fourth-order valence-electron chi connectivity index (χ4n) is 13.0. The summed E-state index contributed by atoms with van der Waals surface area (Å²) < 4.78 is 59.0. The highest BCUT2D eigenvalue weighted by molar-refractivity contribution is 8.76. The molecule has 0 aliphatic heterocycles. The Kier molecular flexibility index (Phi) is 77.8. The molecule has 0 fully saturated rings. The monoisotopic (exact) mass is 1580 g/mol. The van der Waals surface area contributed by atoms with Crippen molar-refractivity contribution in [2.24, 2.45) is 0 Å². The van der Waals surface area contributed by atoms with Crippen LogP contribution in [-0.2, 0) is 65.9 Å². The minimum atomic E-state index is -4.76. The fourth-order valence-corrected chi connectivity index (χ4v) is 16.7. The van der Waals surface area contributed by atoms with Crippen LogP contribution >= 0.6 is 37.1 Å². The first-order valence-electron chi connectivity index (χ1n) is 44.1. The first-order valence-corrected chi connectivity index (χ1v) is 49.7. The topological polar surface area (TPSA) is 256 Å². The lowest BCUT2D eigenvalue weighted by atomic mass is 10.0. The lowest BCUT2D eigenvalue weighted by Crippen LogP contribution is -2.31. The average Bonchev–Trinajstić information content (AvgIpc) is 0.906. The summed E-state index contributed by atoms with van der Waals surface area (Å²) in [6, 6.07) is 0. The van der Waals surface area contributed by atoms with Crippen molar-refractivity contribution in [2.75, 3.05) is 37.9 Å². The lowest BCUT2D eigenvalue weighted by molar-refractivity contribution is -0.161. The third-order valence-corrected chi connectivity index (χ3v) is 24.2. The smallest absolute Gasteiger partial charge is 0.432 e. The second-order valence-corrected chi connectivity index (χ2v) is 36.0. The van der Waals surface area contributed by atoms with Gasteiger partial charge in [-0.25, -0.2) is 9.13 Å². The van der Waals surface area contributed by atoms with Crippen molar-refractivity contribution in [3.63, 3.8) is 0 Å². The van der Waals surface area contributed by atoms with Crippen LogP contribution in [0.4, 0.5) is 0 Å². The quantitative estimate of drug-likeness (QED) is 0.0145. The minimum Gasteiger partial charge on any atom is -0.462 e. The molecule has 0 aromatic heterocycles. The predicted octanol–water partition coefficient (Wildman–Crippen LogP) is 25.6. The number of amides is 2. The molecule has 18 nitrogen and oxygen atoms in total. The summed E-state index contributed by atoms with van der Waals surface area (Å²) in [5.41, 5.74) is 0. The van der Waals surface area contributed by atoms with E-state index in [1.165, 1.54) is 304 Å². The molecule has 22 heteroatoms. The van der Waals surface area contributed by atoms with E-state index in [9.17, 15) is 47.7 Å². The summed E-state index contributed by atoms with van der Waals surface area (Å²) in [6.45, 7) is 7.03. The van der Waals surface area contributed by atoms with Gasteiger partial charge in [0.1, 0.15) is 13.2 Å². The van der Waals surface area contributed by atoms with Crippen LogP contribution in [0.5, 0.6) is 0 Å². The molecule has 0 aliphatic carbocycles. The van der Waals surface area contributed by atoms with Crippen LogP contribution in [-0.4, -0.2) is 95.6 Å². The highest BCUT2D eigenvalue weighted by Gasteiger charge is 2.29. The Morgan fingerprint density at radius 3 is 0.642 bits per heavy atom. The number of hydrogen-bond donors (Lipinski definition) is 4. The van der Waals surface area contributed by atoms with Gasteiger partial charge in [0.15, 0.2) is 12.2 Å². The number of carbonyl (C=O) groups excluding carboxylic acids is 6. The molecule has 0 rings (SSSR count). The largest absolute Gasteiger partial charge is 0.462 e. The van der Waals surface area contributed by atoms with Gasteiger partial charge < -0.3 is 28.7 Å². The van der Waals surface area contributed by atoms with Gasteiger partial charge in [0.2, 0.25) is 11.8 Å². The SMILES string of the molecule is CCCCCCCCCCCCCCCCCC(=O)OC[C@H](COP(=O)(O)NC(=O)CCSSCCC(=O)NP(=O)(O)OC[C@@H](COC(=O)CCCCCCCCCCCCCCCCC)OC(=O)CCCCCCCCCCCCCCCCC)OC(=O)CCCCCCCCCCCCCCCCC. The number of nitrogens with one attached hydrogen (secondary N) is 2. The maximum atomic E-state index is 13.1. The van der Waals surface area contributed by atoms with Crippen LogP contribution in [0.2, 0.25) is 0 Å². The molecule has 4 atom stereocenters. The van der Waals surface area contributed by atoms with E-state index >= 15 is 0 Å². The lowest BCUT2D eigenvalue weighted by Gasteiger charge is -2.20. The zero-order valence-electron chi connectivity index (χ0n) is 68.4. The van der Waals surface area contributed by atoms with Crippen molar-refractivity contribution in [2.45, 2.75) is 464 Å². The van der Waals surface area contributed by atoms with Gasteiger partial charge in [0.25, 0.3) is 0 Å². The molecular weight excluding hydrogens is 1420 g/mol. The molecule has 626 valence electrons. The second-order valence-electron chi connectivity index (χ2n) is 30.2. The molecule has 0 saturated carbocycles. The summed E-state index contributed by atoms with van der Waals surface area (Å²) in [5, 5.41) is 4.02. The summed E-state index contributed by atoms with van der Waals surface area (Å²) in [7, 11) is -7.12. The number of hydrogen-bond acceptors (Lipinski definition) is 16. The Balaban J connectivity index is 5.10. The van der Waals surface area contributed by atoms with Gasteiger partial charge in [-0.3, -0.25) is 48.0 Å². The number of unbranched alkanes of at least 4 members (excludes halogenated alkanes) is 56. The Bertz CT molecular complexity index is 1990. The zero-order chi connectivity index (χ0) is 77.6. The Hall–Kier alpha value is -2.18. The molecule has 0 radical (unpaired) electrons. The van der Waals surface area contributed by atoms with Gasteiger partial charge in [0, 0.05) is 50.0 Å². The van der Waals surface area contributed by atoms with E-state index in [1.807, 2.05) is 10.2 Å². The van der Waals surface area contributed by atoms with Gasteiger partial charge in [0.05, 0.1) is 13.2 Å². The molecule has 2 amide bonds. The van der Waals surface area contributed by atoms with Crippen LogP contribution in [0.25, 0.3) is 0 Å². The van der Waals surface area contributed by atoms with Crippen molar-refractivity contribution in [1.82, 2.24) is 10.2 Å². The summed E-state index contributed by atoms with van der Waals surface area (Å²) >= 11 is 0. The molecule has 0 aromatic rings. The Labute approximate surface area is 656 Å². The Morgan fingerprint density at radius 2 is 0.443 bits per heavy atom. The van der Waals surface area contributed by atoms with Crippen molar-refractivity contribution in [3.05, 3.63) is 0 Å². The van der Waals surface area contributed by atoms with E-state index in [2.05, 4.69) is 27.7 Å². The third-order valence-electron chi connectivity index (χ3n) is 19.7. The van der Waals surface area contributed by atoms with E-state index < -0.39 is 76.6 Å². The van der Waals surface area contributed by atoms with Gasteiger partial charge >= 0.3 is 39.4 Å². The maximum Gasteiger partial charge on any atom is 0.432 e.